The minimum absolute atomic E-state index is 0.331. The molecule has 0 atom stereocenters. The first-order chi connectivity index (χ1) is 6.77. The van der Waals surface area contributed by atoms with Crippen molar-refractivity contribution in [2.45, 2.75) is 38.1 Å². The van der Waals surface area contributed by atoms with Crippen molar-refractivity contribution in [3.63, 3.8) is 0 Å². The largest absolute Gasteiger partial charge is 0.381 e. The minimum Gasteiger partial charge on any atom is -0.381 e. The summed E-state index contributed by atoms with van der Waals surface area (Å²) in [5.41, 5.74) is 0.331. The van der Waals surface area contributed by atoms with Gasteiger partial charge in [-0.15, -0.1) is 0 Å². The maximum atomic E-state index is 5.36. The lowest BCUT2D eigenvalue weighted by Crippen LogP contribution is -2.47. The van der Waals surface area contributed by atoms with Gasteiger partial charge in [0.1, 0.15) is 0 Å². The predicted molar refractivity (Wildman–Crippen MR) is 59.6 cm³/mol. The van der Waals surface area contributed by atoms with E-state index in [-0.39, 0.29) is 0 Å². The Morgan fingerprint density at radius 2 is 1.79 bits per heavy atom. The molecule has 0 unspecified atom stereocenters. The molecule has 1 saturated heterocycles. The monoisotopic (exact) mass is 200 g/mol. The highest BCUT2D eigenvalue weighted by Crippen LogP contribution is 2.19. The zero-order valence-electron chi connectivity index (χ0n) is 9.57. The van der Waals surface area contributed by atoms with Gasteiger partial charge < -0.3 is 15.4 Å². The van der Waals surface area contributed by atoms with E-state index in [2.05, 4.69) is 17.6 Å². The number of ether oxygens (including phenoxy) is 1. The Balaban J connectivity index is 2.03. The van der Waals surface area contributed by atoms with Gasteiger partial charge in [-0.25, -0.2) is 0 Å². The molecule has 0 saturated carbocycles. The lowest BCUT2D eigenvalue weighted by Gasteiger charge is -2.34. The van der Waals surface area contributed by atoms with E-state index in [4.69, 9.17) is 4.74 Å². The van der Waals surface area contributed by atoms with E-state index in [1.807, 2.05) is 7.05 Å². The third-order valence-corrected chi connectivity index (χ3v) is 3.00. The fraction of sp³-hybridized carbons (Fsp3) is 1.00. The smallest absolute Gasteiger partial charge is 0.0483 e. The Morgan fingerprint density at radius 3 is 2.43 bits per heavy atom. The molecule has 3 heteroatoms. The first-order valence-corrected chi connectivity index (χ1v) is 5.74. The summed E-state index contributed by atoms with van der Waals surface area (Å²) in [4.78, 5) is 0. The zero-order valence-corrected chi connectivity index (χ0v) is 9.57. The Kier molecular flexibility index (Phi) is 5.45. The third kappa shape index (κ3) is 4.40. The predicted octanol–water partition coefficient (Wildman–Crippen LogP) is 1.14. The van der Waals surface area contributed by atoms with Crippen molar-refractivity contribution in [1.82, 2.24) is 10.6 Å². The van der Waals surface area contributed by atoms with Crippen molar-refractivity contribution in [3.05, 3.63) is 0 Å². The summed E-state index contributed by atoms with van der Waals surface area (Å²) in [6.07, 6.45) is 4.82. The Bertz CT molecular complexity index is 144. The summed E-state index contributed by atoms with van der Waals surface area (Å²) in [5.74, 6) is 0. The van der Waals surface area contributed by atoms with Crippen LogP contribution in [0, 0.1) is 0 Å². The molecule has 3 nitrogen and oxygen atoms in total. The lowest BCUT2D eigenvalue weighted by atomic mass is 9.92. The van der Waals surface area contributed by atoms with Crippen LogP contribution in [0.3, 0.4) is 0 Å². The van der Waals surface area contributed by atoms with Crippen LogP contribution in [0.5, 0.6) is 0 Å². The number of hydrogen-bond acceptors (Lipinski definition) is 3. The summed E-state index contributed by atoms with van der Waals surface area (Å²) >= 11 is 0. The van der Waals surface area contributed by atoms with Crippen LogP contribution in [-0.2, 0) is 4.74 Å². The van der Waals surface area contributed by atoms with E-state index in [1.54, 1.807) is 0 Å². The van der Waals surface area contributed by atoms with Crippen molar-refractivity contribution in [3.8, 4) is 0 Å². The summed E-state index contributed by atoms with van der Waals surface area (Å²) in [7, 11) is 2.01. The van der Waals surface area contributed by atoms with Gasteiger partial charge in [-0.2, -0.15) is 0 Å². The topological polar surface area (TPSA) is 33.3 Å². The van der Waals surface area contributed by atoms with Crippen LogP contribution < -0.4 is 10.6 Å². The number of hydrogen-bond donors (Lipinski definition) is 2. The molecule has 84 valence electrons. The first-order valence-electron chi connectivity index (χ1n) is 5.74. The molecule has 0 aromatic heterocycles. The van der Waals surface area contributed by atoms with Crippen LogP contribution in [0.1, 0.15) is 32.6 Å². The molecule has 0 aromatic carbocycles. The molecule has 1 fully saturated rings. The first kappa shape index (κ1) is 12.0. The highest BCUT2D eigenvalue weighted by molar-refractivity contribution is 4.84. The molecular formula is C11H24N2O. The maximum Gasteiger partial charge on any atom is 0.0483 e. The number of nitrogens with one attached hydrogen (secondary N) is 2. The average molecular weight is 200 g/mol. The van der Waals surface area contributed by atoms with Crippen molar-refractivity contribution in [1.29, 1.82) is 0 Å². The quantitative estimate of drug-likeness (QED) is 0.631. The van der Waals surface area contributed by atoms with Gasteiger partial charge in [0.25, 0.3) is 0 Å². The molecule has 14 heavy (non-hydrogen) atoms. The molecule has 1 aliphatic heterocycles. The maximum absolute atomic E-state index is 5.36. The molecule has 0 spiro atoms. The second-order valence-corrected chi connectivity index (χ2v) is 4.41. The highest BCUT2D eigenvalue weighted by atomic mass is 16.5. The Labute approximate surface area is 87.6 Å². The van der Waals surface area contributed by atoms with Gasteiger partial charge in [0.05, 0.1) is 0 Å². The summed E-state index contributed by atoms with van der Waals surface area (Å²) in [6.45, 7) is 6.41. The van der Waals surface area contributed by atoms with Crippen molar-refractivity contribution in [2.24, 2.45) is 0 Å². The van der Waals surface area contributed by atoms with Gasteiger partial charge >= 0.3 is 0 Å². The molecular weight excluding hydrogens is 176 g/mol. The van der Waals surface area contributed by atoms with Gasteiger partial charge in [-0.3, -0.25) is 0 Å². The second-order valence-electron chi connectivity index (χ2n) is 4.41. The van der Waals surface area contributed by atoms with Gasteiger partial charge in [0, 0.05) is 18.8 Å². The van der Waals surface area contributed by atoms with Crippen LogP contribution in [0.4, 0.5) is 0 Å². The van der Waals surface area contributed by atoms with E-state index in [9.17, 15) is 0 Å². The number of unbranched alkanes of at least 4 members (excludes halogenated alkanes) is 1. The molecule has 1 aliphatic rings. The summed E-state index contributed by atoms with van der Waals surface area (Å²) in [6, 6.07) is 0. The molecule has 0 aliphatic carbocycles. The standard InChI is InChI=1S/C11H24N2O/c1-11(5-9-14-10-6-11)13-8-4-3-7-12-2/h12-13H,3-10H2,1-2H3. The fourth-order valence-corrected chi connectivity index (χ4v) is 1.82. The van der Waals surface area contributed by atoms with Crippen molar-refractivity contribution in [2.75, 3.05) is 33.4 Å². The second kappa shape index (κ2) is 6.38. The van der Waals surface area contributed by atoms with Crippen molar-refractivity contribution >= 4 is 0 Å². The Morgan fingerprint density at radius 1 is 1.14 bits per heavy atom. The third-order valence-electron chi connectivity index (χ3n) is 3.00. The molecule has 1 heterocycles. The van der Waals surface area contributed by atoms with E-state index in [1.165, 1.54) is 12.8 Å². The van der Waals surface area contributed by atoms with Crippen LogP contribution in [0.2, 0.25) is 0 Å². The summed E-state index contributed by atoms with van der Waals surface area (Å²) < 4.78 is 5.36. The normalized spacial score (nSPS) is 21.0. The van der Waals surface area contributed by atoms with Gasteiger partial charge in [0.15, 0.2) is 0 Å². The van der Waals surface area contributed by atoms with Crippen LogP contribution in [0.25, 0.3) is 0 Å². The van der Waals surface area contributed by atoms with Gasteiger partial charge in [-0.1, -0.05) is 0 Å². The molecule has 2 N–H and O–H groups in total. The van der Waals surface area contributed by atoms with Gasteiger partial charge in [0.2, 0.25) is 0 Å². The van der Waals surface area contributed by atoms with E-state index < -0.39 is 0 Å². The fourth-order valence-electron chi connectivity index (χ4n) is 1.82. The molecule has 0 radical (unpaired) electrons. The zero-order chi connectivity index (χ0) is 10.3. The Hall–Kier alpha value is -0.120. The van der Waals surface area contributed by atoms with Crippen LogP contribution >= 0.6 is 0 Å². The lowest BCUT2D eigenvalue weighted by molar-refractivity contribution is 0.0453. The SMILES string of the molecule is CNCCCCNC1(C)CCOCC1. The average Bonchev–Trinajstić information content (AvgIpc) is 2.18. The molecule has 0 amide bonds. The van der Waals surface area contributed by atoms with E-state index in [0.717, 1.165) is 39.1 Å². The molecule has 0 aromatic rings. The number of rotatable bonds is 6. The van der Waals surface area contributed by atoms with Crippen molar-refractivity contribution < 1.29 is 4.74 Å². The molecule has 0 bridgehead atoms. The van der Waals surface area contributed by atoms with Gasteiger partial charge in [-0.05, 0) is 52.7 Å². The molecule has 1 rings (SSSR count). The van der Waals surface area contributed by atoms with Crippen LogP contribution in [0.15, 0.2) is 0 Å². The van der Waals surface area contributed by atoms with Crippen LogP contribution in [-0.4, -0.2) is 38.9 Å². The van der Waals surface area contributed by atoms with E-state index in [0.29, 0.717) is 5.54 Å². The highest BCUT2D eigenvalue weighted by Gasteiger charge is 2.25. The summed E-state index contributed by atoms with van der Waals surface area (Å²) in [5, 5.41) is 6.82. The minimum atomic E-state index is 0.331. The van der Waals surface area contributed by atoms with E-state index >= 15 is 0 Å².